The van der Waals surface area contributed by atoms with Crippen LogP contribution in [-0.4, -0.2) is 27.5 Å². The summed E-state index contributed by atoms with van der Waals surface area (Å²) in [6.07, 6.45) is 2.98. The zero-order chi connectivity index (χ0) is 19.1. The SMILES string of the molecule is Cn1c(CNC(=O)CNC(=O)C=Cc2ccccc2)cc(=O)n(C)c1=O. The van der Waals surface area contributed by atoms with Crippen molar-refractivity contribution in [1.82, 2.24) is 19.8 Å². The Balaban J connectivity index is 1.84. The number of nitrogens with zero attached hydrogens (tertiary/aromatic N) is 2. The molecule has 0 aliphatic rings. The lowest BCUT2D eigenvalue weighted by molar-refractivity contribution is -0.124. The van der Waals surface area contributed by atoms with Crippen LogP contribution in [0, 0.1) is 0 Å². The number of carbonyl (C=O) groups is 2. The molecule has 8 heteroatoms. The first-order chi connectivity index (χ1) is 12.4. The molecule has 2 N–H and O–H groups in total. The van der Waals surface area contributed by atoms with Crippen molar-refractivity contribution in [3.63, 3.8) is 0 Å². The number of rotatable bonds is 6. The third-order valence-corrected chi connectivity index (χ3v) is 3.74. The van der Waals surface area contributed by atoms with Gasteiger partial charge in [0.05, 0.1) is 13.1 Å². The van der Waals surface area contributed by atoms with E-state index in [1.807, 2.05) is 30.3 Å². The molecule has 136 valence electrons. The highest BCUT2D eigenvalue weighted by molar-refractivity contribution is 5.94. The van der Waals surface area contributed by atoms with Gasteiger partial charge >= 0.3 is 5.69 Å². The van der Waals surface area contributed by atoms with Gasteiger partial charge in [-0.3, -0.25) is 23.5 Å². The Kier molecular flexibility index (Phi) is 6.26. The third-order valence-electron chi connectivity index (χ3n) is 3.74. The minimum atomic E-state index is -0.471. The molecule has 0 saturated heterocycles. The Bertz CT molecular complexity index is 942. The van der Waals surface area contributed by atoms with Gasteiger partial charge in [-0.25, -0.2) is 4.79 Å². The second-order valence-electron chi connectivity index (χ2n) is 5.61. The van der Waals surface area contributed by atoms with Gasteiger partial charge in [0.15, 0.2) is 0 Å². The molecule has 0 radical (unpaired) electrons. The van der Waals surface area contributed by atoms with Gasteiger partial charge in [-0.1, -0.05) is 30.3 Å². The van der Waals surface area contributed by atoms with E-state index in [1.165, 1.54) is 30.8 Å². The summed E-state index contributed by atoms with van der Waals surface area (Å²) in [5, 5.41) is 5.02. The van der Waals surface area contributed by atoms with Crippen molar-refractivity contribution < 1.29 is 9.59 Å². The van der Waals surface area contributed by atoms with Crippen LogP contribution < -0.4 is 21.9 Å². The van der Waals surface area contributed by atoms with Crippen LogP contribution in [0.25, 0.3) is 6.08 Å². The van der Waals surface area contributed by atoms with Gasteiger partial charge in [0.1, 0.15) is 0 Å². The molecule has 0 bridgehead atoms. The summed E-state index contributed by atoms with van der Waals surface area (Å²) in [6, 6.07) is 10.6. The number of amides is 2. The maximum Gasteiger partial charge on any atom is 0.330 e. The van der Waals surface area contributed by atoms with Crippen LogP contribution >= 0.6 is 0 Å². The van der Waals surface area contributed by atoms with Gasteiger partial charge in [0.25, 0.3) is 5.56 Å². The number of benzene rings is 1. The fourth-order valence-electron chi connectivity index (χ4n) is 2.16. The predicted octanol–water partition coefficient (Wildman–Crippen LogP) is -0.470. The van der Waals surface area contributed by atoms with E-state index in [2.05, 4.69) is 10.6 Å². The molecule has 1 aromatic carbocycles. The molecule has 0 aliphatic carbocycles. The van der Waals surface area contributed by atoms with E-state index in [1.54, 1.807) is 6.08 Å². The summed E-state index contributed by atoms with van der Waals surface area (Å²) in [4.78, 5) is 47.0. The van der Waals surface area contributed by atoms with Gasteiger partial charge < -0.3 is 10.6 Å². The number of nitrogens with one attached hydrogen (secondary N) is 2. The lowest BCUT2D eigenvalue weighted by Crippen LogP contribution is -2.41. The quantitative estimate of drug-likeness (QED) is 0.683. The first-order valence-corrected chi connectivity index (χ1v) is 7.92. The van der Waals surface area contributed by atoms with E-state index < -0.39 is 23.1 Å². The fraction of sp³-hybridized carbons (Fsp3) is 0.222. The zero-order valence-electron chi connectivity index (χ0n) is 14.6. The maximum absolute atomic E-state index is 11.8. The van der Waals surface area contributed by atoms with Crippen LogP contribution in [0.5, 0.6) is 0 Å². The molecule has 1 heterocycles. The number of hydrogen-bond donors (Lipinski definition) is 2. The molecular weight excluding hydrogens is 336 g/mol. The lowest BCUT2D eigenvalue weighted by Gasteiger charge is -2.10. The Morgan fingerprint density at radius 2 is 1.73 bits per heavy atom. The minimum Gasteiger partial charge on any atom is -0.349 e. The molecule has 0 unspecified atom stereocenters. The normalized spacial score (nSPS) is 10.7. The molecule has 26 heavy (non-hydrogen) atoms. The van der Waals surface area contributed by atoms with E-state index in [9.17, 15) is 19.2 Å². The van der Waals surface area contributed by atoms with Crippen molar-refractivity contribution in [3.8, 4) is 0 Å². The van der Waals surface area contributed by atoms with Crippen molar-refractivity contribution in [3.05, 3.63) is 74.6 Å². The van der Waals surface area contributed by atoms with Gasteiger partial charge in [-0.2, -0.15) is 0 Å². The van der Waals surface area contributed by atoms with E-state index >= 15 is 0 Å². The van der Waals surface area contributed by atoms with Crippen LogP contribution in [0.15, 0.2) is 52.1 Å². The molecule has 8 nitrogen and oxygen atoms in total. The highest BCUT2D eigenvalue weighted by Crippen LogP contribution is 2.00. The molecule has 2 aromatic rings. The largest absolute Gasteiger partial charge is 0.349 e. The second kappa shape index (κ2) is 8.61. The maximum atomic E-state index is 11.8. The molecular formula is C18H20N4O4. The molecule has 0 fully saturated rings. The molecule has 0 saturated carbocycles. The average Bonchev–Trinajstić information content (AvgIpc) is 2.65. The number of aromatic nitrogens is 2. The number of carbonyl (C=O) groups excluding carboxylic acids is 2. The van der Waals surface area contributed by atoms with Crippen LogP contribution in [0.1, 0.15) is 11.3 Å². The molecule has 1 aromatic heterocycles. The fourth-order valence-corrected chi connectivity index (χ4v) is 2.16. The van der Waals surface area contributed by atoms with Crippen LogP contribution in [0.3, 0.4) is 0 Å². The minimum absolute atomic E-state index is 0.0103. The molecule has 0 aliphatic heterocycles. The highest BCUT2D eigenvalue weighted by Gasteiger charge is 2.08. The van der Waals surface area contributed by atoms with Crippen molar-refractivity contribution in [2.24, 2.45) is 14.1 Å². The monoisotopic (exact) mass is 356 g/mol. The van der Waals surface area contributed by atoms with Gasteiger partial charge in [0, 0.05) is 31.9 Å². The van der Waals surface area contributed by atoms with Crippen molar-refractivity contribution in [2.45, 2.75) is 6.54 Å². The van der Waals surface area contributed by atoms with Crippen molar-refractivity contribution in [2.75, 3.05) is 6.54 Å². The van der Waals surface area contributed by atoms with E-state index in [0.29, 0.717) is 5.69 Å². The molecule has 2 rings (SSSR count). The van der Waals surface area contributed by atoms with Gasteiger partial charge in [-0.05, 0) is 11.6 Å². The Morgan fingerprint density at radius 3 is 2.42 bits per heavy atom. The van der Waals surface area contributed by atoms with Crippen molar-refractivity contribution in [1.29, 1.82) is 0 Å². The second-order valence-corrected chi connectivity index (χ2v) is 5.61. The Labute approximate surface area is 149 Å². The zero-order valence-corrected chi connectivity index (χ0v) is 14.6. The van der Waals surface area contributed by atoms with Crippen LogP contribution in [0.4, 0.5) is 0 Å². The van der Waals surface area contributed by atoms with E-state index in [0.717, 1.165) is 10.1 Å². The standard InChI is InChI=1S/C18H20N4O4/c1-21-14(10-17(25)22(2)18(21)26)11-19-16(24)12-20-15(23)9-8-13-6-4-3-5-7-13/h3-10H,11-12H2,1-2H3,(H,19,24)(H,20,23). The lowest BCUT2D eigenvalue weighted by atomic mass is 10.2. The predicted molar refractivity (Wildman–Crippen MR) is 97.3 cm³/mol. The van der Waals surface area contributed by atoms with Crippen LogP contribution in [-0.2, 0) is 30.2 Å². The first-order valence-electron chi connectivity index (χ1n) is 7.92. The van der Waals surface area contributed by atoms with E-state index in [-0.39, 0.29) is 13.1 Å². The summed E-state index contributed by atoms with van der Waals surface area (Å²) in [5.41, 5.74) is 0.332. The first kappa shape index (κ1) is 18.9. The van der Waals surface area contributed by atoms with Crippen LogP contribution in [0.2, 0.25) is 0 Å². The molecule has 0 spiro atoms. The molecule has 0 atom stereocenters. The summed E-state index contributed by atoms with van der Waals surface area (Å²) in [7, 11) is 2.89. The Morgan fingerprint density at radius 1 is 1.04 bits per heavy atom. The number of hydrogen-bond acceptors (Lipinski definition) is 4. The summed E-state index contributed by atoms with van der Waals surface area (Å²) < 4.78 is 2.26. The summed E-state index contributed by atoms with van der Waals surface area (Å²) in [6.45, 7) is -0.201. The summed E-state index contributed by atoms with van der Waals surface area (Å²) in [5.74, 6) is -0.829. The molecule has 2 amide bonds. The average molecular weight is 356 g/mol. The van der Waals surface area contributed by atoms with Gasteiger partial charge in [0.2, 0.25) is 11.8 Å². The highest BCUT2D eigenvalue weighted by atomic mass is 16.2. The Hall–Kier alpha value is -3.42. The third kappa shape index (κ3) is 5.04. The van der Waals surface area contributed by atoms with E-state index in [4.69, 9.17) is 0 Å². The summed E-state index contributed by atoms with van der Waals surface area (Å²) >= 11 is 0. The topological polar surface area (TPSA) is 102 Å². The van der Waals surface area contributed by atoms with Gasteiger partial charge in [-0.15, -0.1) is 0 Å². The van der Waals surface area contributed by atoms with Crippen molar-refractivity contribution >= 4 is 17.9 Å². The smallest absolute Gasteiger partial charge is 0.330 e.